The predicted molar refractivity (Wildman–Crippen MR) is 72.9 cm³/mol. The first kappa shape index (κ1) is 12.1. The van der Waals surface area contributed by atoms with Crippen LogP contribution in [-0.2, 0) is 0 Å². The molecule has 0 aliphatic rings. The summed E-state index contributed by atoms with van der Waals surface area (Å²) in [5, 5.41) is 0. The van der Waals surface area contributed by atoms with Gasteiger partial charge in [0.2, 0.25) is 0 Å². The van der Waals surface area contributed by atoms with E-state index in [1.54, 1.807) is 11.8 Å². The smallest absolute Gasteiger partial charge is 0.133 e. The first-order valence-electron chi connectivity index (χ1n) is 5.76. The molecule has 0 bridgehead atoms. The molecule has 0 aliphatic carbocycles. The topological polar surface area (TPSA) is 9.23 Å². The van der Waals surface area contributed by atoms with Crippen molar-refractivity contribution in [3.05, 3.63) is 54.1 Å². The number of hydrogen-bond acceptors (Lipinski definition) is 2. The van der Waals surface area contributed by atoms with Gasteiger partial charge in [-0.25, -0.2) is 0 Å². The summed E-state index contributed by atoms with van der Waals surface area (Å²) in [5.41, 5.74) is 1.28. The molecular weight excluding hydrogens is 228 g/mol. The van der Waals surface area contributed by atoms with Gasteiger partial charge < -0.3 is 4.74 Å². The van der Waals surface area contributed by atoms with Crippen molar-refractivity contribution >= 4 is 11.8 Å². The monoisotopic (exact) mass is 244 g/mol. The highest BCUT2D eigenvalue weighted by Crippen LogP contribution is 2.34. The molecule has 88 valence electrons. The van der Waals surface area contributed by atoms with Crippen molar-refractivity contribution in [3.63, 3.8) is 0 Å². The Labute approximate surface area is 107 Å². The normalized spacial score (nSPS) is 10.2. The van der Waals surface area contributed by atoms with Crippen LogP contribution in [0.25, 0.3) is 0 Å². The minimum Gasteiger partial charge on any atom is -0.493 e. The molecule has 0 fully saturated rings. The Balaban J connectivity index is 2.20. The minimum atomic E-state index is 0.700. The van der Waals surface area contributed by atoms with E-state index in [9.17, 15) is 0 Å². The standard InChI is InChI=1S/C15H16OS/c1-3-16-14-6-4-5-7-15(14)17-13-10-8-12(2)9-11-13/h4-11H,3H2,1-2H3. The van der Waals surface area contributed by atoms with Crippen LogP contribution in [0.3, 0.4) is 0 Å². The van der Waals surface area contributed by atoms with Crippen LogP contribution in [0.2, 0.25) is 0 Å². The maximum atomic E-state index is 5.61. The Morgan fingerprint density at radius 2 is 1.71 bits per heavy atom. The zero-order chi connectivity index (χ0) is 12.1. The summed E-state index contributed by atoms with van der Waals surface area (Å²) < 4.78 is 5.61. The van der Waals surface area contributed by atoms with E-state index in [1.807, 2.05) is 25.1 Å². The lowest BCUT2D eigenvalue weighted by Gasteiger charge is -2.09. The molecule has 0 aliphatic heterocycles. The van der Waals surface area contributed by atoms with Gasteiger partial charge in [0.15, 0.2) is 0 Å². The third-order valence-electron chi connectivity index (χ3n) is 2.40. The highest BCUT2D eigenvalue weighted by molar-refractivity contribution is 7.99. The van der Waals surface area contributed by atoms with Crippen molar-refractivity contribution < 1.29 is 4.74 Å². The number of rotatable bonds is 4. The zero-order valence-electron chi connectivity index (χ0n) is 10.1. The Hall–Kier alpha value is -1.41. The van der Waals surface area contributed by atoms with Crippen LogP contribution in [0.15, 0.2) is 58.3 Å². The van der Waals surface area contributed by atoms with Gasteiger partial charge in [0.05, 0.1) is 11.5 Å². The fourth-order valence-corrected chi connectivity index (χ4v) is 2.44. The van der Waals surface area contributed by atoms with E-state index in [0.717, 1.165) is 5.75 Å². The van der Waals surface area contributed by atoms with Gasteiger partial charge in [-0.1, -0.05) is 41.6 Å². The molecule has 1 nitrogen and oxygen atoms in total. The highest BCUT2D eigenvalue weighted by atomic mass is 32.2. The third kappa shape index (κ3) is 3.27. The second-order valence-corrected chi connectivity index (χ2v) is 4.91. The summed E-state index contributed by atoms with van der Waals surface area (Å²) in [6, 6.07) is 16.7. The number of hydrogen-bond donors (Lipinski definition) is 0. The van der Waals surface area contributed by atoms with Gasteiger partial charge >= 0.3 is 0 Å². The lowest BCUT2D eigenvalue weighted by molar-refractivity contribution is 0.332. The van der Waals surface area contributed by atoms with E-state index < -0.39 is 0 Å². The van der Waals surface area contributed by atoms with E-state index >= 15 is 0 Å². The van der Waals surface area contributed by atoms with Crippen LogP contribution in [-0.4, -0.2) is 6.61 Å². The predicted octanol–water partition coefficient (Wildman–Crippen LogP) is 4.54. The Kier molecular flexibility index (Phi) is 4.10. The minimum absolute atomic E-state index is 0.700. The molecule has 0 radical (unpaired) electrons. The fourth-order valence-electron chi connectivity index (χ4n) is 1.54. The summed E-state index contributed by atoms with van der Waals surface area (Å²) in [6.07, 6.45) is 0. The zero-order valence-corrected chi connectivity index (χ0v) is 11.0. The maximum absolute atomic E-state index is 5.61. The molecule has 2 rings (SSSR count). The molecule has 0 saturated heterocycles. The van der Waals surface area contributed by atoms with Crippen molar-refractivity contribution in [1.29, 1.82) is 0 Å². The average molecular weight is 244 g/mol. The van der Waals surface area contributed by atoms with E-state index in [0.29, 0.717) is 6.61 Å². The molecule has 0 atom stereocenters. The second kappa shape index (κ2) is 5.78. The lowest BCUT2D eigenvalue weighted by atomic mass is 10.2. The molecule has 17 heavy (non-hydrogen) atoms. The van der Waals surface area contributed by atoms with Gasteiger partial charge in [-0.05, 0) is 38.1 Å². The van der Waals surface area contributed by atoms with Gasteiger partial charge in [-0.2, -0.15) is 0 Å². The van der Waals surface area contributed by atoms with Crippen LogP contribution in [0.4, 0.5) is 0 Å². The number of ether oxygens (including phenoxy) is 1. The summed E-state index contributed by atoms with van der Waals surface area (Å²) >= 11 is 1.74. The number of aryl methyl sites for hydroxylation is 1. The molecule has 0 amide bonds. The van der Waals surface area contributed by atoms with Crippen molar-refractivity contribution in [2.75, 3.05) is 6.61 Å². The Morgan fingerprint density at radius 3 is 2.41 bits per heavy atom. The summed E-state index contributed by atoms with van der Waals surface area (Å²) in [4.78, 5) is 2.40. The summed E-state index contributed by atoms with van der Waals surface area (Å²) in [6.45, 7) is 4.81. The lowest BCUT2D eigenvalue weighted by Crippen LogP contribution is -1.92. The van der Waals surface area contributed by atoms with Crippen LogP contribution in [0, 0.1) is 6.92 Å². The van der Waals surface area contributed by atoms with Gasteiger partial charge in [0.25, 0.3) is 0 Å². The van der Waals surface area contributed by atoms with E-state index in [1.165, 1.54) is 15.4 Å². The highest BCUT2D eigenvalue weighted by Gasteiger charge is 2.04. The molecule has 0 N–H and O–H groups in total. The van der Waals surface area contributed by atoms with Crippen molar-refractivity contribution in [1.82, 2.24) is 0 Å². The molecule has 2 aromatic carbocycles. The quantitative estimate of drug-likeness (QED) is 0.780. The first-order valence-corrected chi connectivity index (χ1v) is 6.57. The molecule has 0 spiro atoms. The number of benzene rings is 2. The fraction of sp³-hybridized carbons (Fsp3) is 0.200. The van der Waals surface area contributed by atoms with E-state index in [-0.39, 0.29) is 0 Å². The van der Waals surface area contributed by atoms with Crippen molar-refractivity contribution in [2.24, 2.45) is 0 Å². The van der Waals surface area contributed by atoms with Crippen molar-refractivity contribution in [2.45, 2.75) is 23.6 Å². The molecule has 2 heteroatoms. The first-order chi connectivity index (χ1) is 8.29. The van der Waals surface area contributed by atoms with Crippen LogP contribution in [0.5, 0.6) is 5.75 Å². The molecule has 0 heterocycles. The van der Waals surface area contributed by atoms with Crippen LogP contribution >= 0.6 is 11.8 Å². The Morgan fingerprint density at radius 1 is 1.00 bits per heavy atom. The molecule has 0 unspecified atom stereocenters. The van der Waals surface area contributed by atoms with E-state index in [4.69, 9.17) is 4.74 Å². The summed E-state index contributed by atoms with van der Waals surface area (Å²) in [7, 11) is 0. The molecule has 2 aromatic rings. The molecular formula is C15H16OS. The third-order valence-corrected chi connectivity index (χ3v) is 3.46. The summed E-state index contributed by atoms with van der Waals surface area (Å²) in [5.74, 6) is 0.959. The van der Waals surface area contributed by atoms with Gasteiger partial charge in [-0.15, -0.1) is 0 Å². The van der Waals surface area contributed by atoms with Gasteiger partial charge in [-0.3, -0.25) is 0 Å². The average Bonchev–Trinajstić information content (AvgIpc) is 2.35. The van der Waals surface area contributed by atoms with Crippen LogP contribution < -0.4 is 4.74 Å². The second-order valence-electron chi connectivity index (χ2n) is 3.79. The van der Waals surface area contributed by atoms with Gasteiger partial charge in [0, 0.05) is 4.90 Å². The van der Waals surface area contributed by atoms with Crippen LogP contribution in [0.1, 0.15) is 12.5 Å². The van der Waals surface area contributed by atoms with Gasteiger partial charge in [0.1, 0.15) is 5.75 Å². The number of para-hydroxylation sites is 1. The van der Waals surface area contributed by atoms with Crippen molar-refractivity contribution in [3.8, 4) is 5.75 Å². The molecule has 0 aromatic heterocycles. The SMILES string of the molecule is CCOc1ccccc1Sc1ccc(C)cc1. The molecule has 0 saturated carbocycles. The largest absolute Gasteiger partial charge is 0.493 e. The van der Waals surface area contributed by atoms with E-state index in [2.05, 4.69) is 37.3 Å². The maximum Gasteiger partial charge on any atom is 0.133 e. The Bertz CT molecular complexity index is 477.